The molecule has 2 amide bonds. The lowest BCUT2D eigenvalue weighted by Gasteiger charge is -2.32. The lowest BCUT2D eigenvalue weighted by molar-refractivity contribution is -0.125. The Bertz CT molecular complexity index is 608. The first kappa shape index (κ1) is 17.3. The molecular weight excluding hydrogens is 292 g/mol. The van der Waals surface area contributed by atoms with Crippen molar-refractivity contribution >= 4 is 17.5 Å². The van der Waals surface area contributed by atoms with Crippen LogP contribution < -0.4 is 15.0 Å². The molecule has 0 bridgehead atoms. The largest absolute Gasteiger partial charge is 0.482 e. The second-order valence-electron chi connectivity index (χ2n) is 6.91. The van der Waals surface area contributed by atoms with Gasteiger partial charge in [-0.1, -0.05) is 26.8 Å². The summed E-state index contributed by atoms with van der Waals surface area (Å²) in [5.74, 6) is 0.293. The third-order valence-corrected chi connectivity index (χ3v) is 4.32. The maximum absolute atomic E-state index is 12.2. The van der Waals surface area contributed by atoms with E-state index in [1.807, 2.05) is 32.0 Å². The summed E-state index contributed by atoms with van der Waals surface area (Å²) >= 11 is 0. The number of rotatable bonds is 5. The first-order valence-corrected chi connectivity index (χ1v) is 8.11. The van der Waals surface area contributed by atoms with Gasteiger partial charge in [-0.05, 0) is 43.4 Å². The number of benzene rings is 1. The Balaban J connectivity index is 2.34. The molecule has 2 rings (SSSR count). The molecule has 5 nitrogen and oxygen atoms in total. The van der Waals surface area contributed by atoms with Crippen LogP contribution in [0.1, 0.15) is 46.6 Å². The predicted octanol–water partition coefficient (Wildman–Crippen LogP) is 2.62. The first-order chi connectivity index (χ1) is 10.7. The average Bonchev–Trinajstić information content (AvgIpc) is 2.49. The number of hydrogen-bond donors (Lipinski definition) is 1. The fraction of sp³-hybridized carbons (Fsp3) is 0.556. The average molecular weight is 318 g/mol. The highest BCUT2D eigenvalue weighted by molar-refractivity contribution is 6.02. The van der Waals surface area contributed by atoms with Crippen LogP contribution in [0.25, 0.3) is 0 Å². The van der Waals surface area contributed by atoms with Gasteiger partial charge in [0, 0.05) is 6.04 Å². The quantitative estimate of drug-likeness (QED) is 0.908. The van der Waals surface area contributed by atoms with E-state index in [0.29, 0.717) is 11.4 Å². The number of carbonyl (C=O) groups is 2. The van der Waals surface area contributed by atoms with Gasteiger partial charge >= 0.3 is 0 Å². The van der Waals surface area contributed by atoms with E-state index < -0.39 is 0 Å². The molecule has 0 unspecified atom stereocenters. The molecule has 1 aromatic carbocycles. The van der Waals surface area contributed by atoms with Gasteiger partial charge in [0.25, 0.3) is 5.91 Å². The van der Waals surface area contributed by atoms with Gasteiger partial charge in [-0.3, -0.25) is 14.5 Å². The van der Waals surface area contributed by atoms with E-state index in [4.69, 9.17) is 4.74 Å². The molecule has 0 atom stereocenters. The van der Waals surface area contributed by atoms with Crippen molar-refractivity contribution < 1.29 is 14.3 Å². The SMILES string of the molecule is CCC(C)(C)c1ccc2c(c1)N(CC(=O)NC(C)C)C(=O)CO2. The molecule has 0 fully saturated rings. The van der Waals surface area contributed by atoms with Crippen molar-refractivity contribution in [1.82, 2.24) is 5.32 Å². The number of ether oxygens (including phenoxy) is 1. The summed E-state index contributed by atoms with van der Waals surface area (Å²) in [5, 5.41) is 2.82. The Kier molecular flexibility index (Phi) is 4.97. The molecule has 126 valence electrons. The minimum atomic E-state index is -0.192. The highest BCUT2D eigenvalue weighted by Gasteiger charge is 2.29. The predicted molar refractivity (Wildman–Crippen MR) is 90.9 cm³/mol. The van der Waals surface area contributed by atoms with Crippen molar-refractivity contribution in [3.8, 4) is 5.75 Å². The van der Waals surface area contributed by atoms with Gasteiger partial charge in [-0.15, -0.1) is 0 Å². The molecule has 1 heterocycles. The zero-order valence-corrected chi connectivity index (χ0v) is 14.6. The Morgan fingerprint density at radius 1 is 1.39 bits per heavy atom. The molecule has 0 radical (unpaired) electrons. The summed E-state index contributed by atoms with van der Waals surface area (Å²) in [6, 6.07) is 5.94. The maximum Gasteiger partial charge on any atom is 0.265 e. The Morgan fingerprint density at radius 3 is 2.70 bits per heavy atom. The molecular formula is C18H26N2O3. The number of anilines is 1. The summed E-state index contributed by atoms with van der Waals surface area (Å²) in [6.45, 7) is 10.2. The lowest BCUT2D eigenvalue weighted by atomic mass is 9.82. The van der Waals surface area contributed by atoms with Crippen LogP contribution in [0.2, 0.25) is 0 Å². The number of hydrogen-bond acceptors (Lipinski definition) is 3. The van der Waals surface area contributed by atoms with E-state index in [9.17, 15) is 9.59 Å². The smallest absolute Gasteiger partial charge is 0.265 e. The van der Waals surface area contributed by atoms with Crippen LogP contribution >= 0.6 is 0 Å². The van der Waals surface area contributed by atoms with Crippen molar-refractivity contribution in [1.29, 1.82) is 0 Å². The van der Waals surface area contributed by atoms with Crippen LogP contribution in [-0.2, 0) is 15.0 Å². The van der Waals surface area contributed by atoms with E-state index in [0.717, 1.165) is 12.0 Å². The topological polar surface area (TPSA) is 58.6 Å². The fourth-order valence-corrected chi connectivity index (χ4v) is 2.51. The highest BCUT2D eigenvalue weighted by atomic mass is 16.5. The van der Waals surface area contributed by atoms with E-state index in [1.165, 1.54) is 4.90 Å². The van der Waals surface area contributed by atoms with Crippen LogP contribution in [0.3, 0.4) is 0 Å². The molecule has 5 heteroatoms. The highest BCUT2D eigenvalue weighted by Crippen LogP contribution is 2.37. The van der Waals surface area contributed by atoms with E-state index in [2.05, 4.69) is 26.1 Å². The van der Waals surface area contributed by atoms with Crippen molar-refractivity contribution in [2.75, 3.05) is 18.1 Å². The monoisotopic (exact) mass is 318 g/mol. The Hall–Kier alpha value is -2.04. The summed E-state index contributed by atoms with van der Waals surface area (Å²) < 4.78 is 5.51. The van der Waals surface area contributed by atoms with Gasteiger partial charge in [0.2, 0.25) is 5.91 Å². The van der Waals surface area contributed by atoms with Gasteiger partial charge in [0.15, 0.2) is 6.61 Å². The van der Waals surface area contributed by atoms with Gasteiger partial charge in [0.05, 0.1) is 5.69 Å². The summed E-state index contributed by atoms with van der Waals surface area (Å²) in [7, 11) is 0. The number of fused-ring (bicyclic) bond motifs is 1. The maximum atomic E-state index is 12.2. The normalized spacial score (nSPS) is 14.5. The second kappa shape index (κ2) is 6.60. The van der Waals surface area contributed by atoms with Gasteiger partial charge < -0.3 is 10.1 Å². The number of carbonyl (C=O) groups excluding carboxylic acids is 2. The molecule has 23 heavy (non-hydrogen) atoms. The molecule has 1 N–H and O–H groups in total. The van der Waals surface area contributed by atoms with Crippen LogP contribution in [0.4, 0.5) is 5.69 Å². The van der Waals surface area contributed by atoms with Crippen LogP contribution in [0.5, 0.6) is 5.75 Å². The van der Waals surface area contributed by atoms with E-state index in [1.54, 1.807) is 0 Å². The fourth-order valence-electron chi connectivity index (χ4n) is 2.51. The van der Waals surface area contributed by atoms with Crippen LogP contribution in [0, 0.1) is 0 Å². The van der Waals surface area contributed by atoms with Gasteiger partial charge in [-0.2, -0.15) is 0 Å². The number of amides is 2. The van der Waals surface area contributed by atoms with Crippen molar-refractivity contribution in [3.05, 3.63) is 23.8 Å². The molecule has 0 spiro atoms. The Morgan fingerprint density at radius 2 is 2.09 bits per heavy atom. The second-order valence-corrected chi connectivity index (χ2v) is 6.91. The molecule has 0 saturated carbocycles. The molecule has 0 aliphatic carbocycles. The summed E-state index contributed by atoms with van der Waals surface area (Å²) in [4.78, 5) is 25.8. The minimum absolute atomic E-state index is 0.00138. The molecule has 1 aromatic rings. The number of nitrogens with zero attached hydrogens (tertiary/aromatic N) is 1. The van der Waals surface area contributed by atoms with E-state index in [-0.39, 0.29) is 36.4 Å². The third kappa shape index (κ3) is 3.84. The summed E-state index contributed by atoms with van der Waals surface area (Å²) in [5.41, 5.74) is 1.81. The third-order valence-electron chi connectivity index (χ3n) is 4.32. The van der Waals surface area contributed by atoms with Crippen molar-refractivity contribution in [3.63, 3.8) is 0 Å². The molecule has 1 aliphatic rings. The van der Waals surface area contributed by atoms with Crippen molar-refractivity contribution in [2.45, 2.75) is 52.5 Å². The summed E-state index contributed by atoms with van der Waals surface area (Å²) in [6.07, 6.45) is 0.981. The van der Waals surface area contributed by atoms with Gasteiger partial charge in [-0.25, -0.2) is 0 Å². The Labute approximate surface area is 138 Å². The zero-order chi connectivity index (χ0) is 17.2. The molecule has 0 saturated heterocycles. The first-order valence-electron chi connectivity index (χ1n) is 8.11. The van der Waals surface area contributed by atoms with E-state index >= 15 is 0 Å². The zero-order valence-electron chi connectivity index (χ0n) is 14.6. The minimum Gasteiger partial charge on any atom is -0.482 e. The van der Waals surface area contributed by atoms with Gasteiger partial charge in [0.1, 0.15) is 12.3 Å². The molecule has 0 aromatic heterocycles. The molecule has 1 aliphatic heterocycles. The van der Waals surface area contributed by atoms with Crippen LogP contribution in [-0.4, -0.2) is 31.0 Å². The van der Waals surface area contributed by atoms with Crippen molar-refractivity contribution in [2.24, 2.45) is 0 Å². The lowest BCUT2D eigenvalue weighted by Crippen LogP contribution is -2.46. The standard InChI is InChI=1S/C18H26N2O3/c1-6-18(4,5)13-7-8-15-14(9-13)20(17(22)11-23-15)10-16(21)19-12(2)3/h7-9,12H,6,10-11H2,1-5H3,(H,19,21). The number of nitrogens with one attached hydrogen (secondary N) is 1. The van der Waals surface area contributed by atoms with Crippen LogP contribution in [0.15, 0.2) is 18.2 Å².